The molecule has 3 amide bonds. The third kappa shape index (κ3) is 5.67. The average molecular weight is 263 g/mol. The standard InChI is InChI=1S/C13H17N3O3/c1-10-3-5-11(6-4-10)16-13(19)12(18)15-8-2-7-14-9-17/h3-6,9H,2,7-8H2,1H3,(H,14,17)(H,15,18)(H,16,19). The smallest absolute Gasteiger partial charge is 0.313 e. The van der Waals surface area contributed by atoms with Gasteiger partial charge in [0.05, 0.1) is 0 Å². The monoisotopic (exact) mass is 263 g/mol. The molecule has 6 nitrogen and oxygen atoms in total. The van der Waals surface area contributed by atoms with Crippen LogP contribution in [0.2, 0.25) is 0 Å². The molecule has 1 aromatic carbocycles. The van der Waals surface area contributed by atoms with Gasteiger partial charge in [-0.1, -0.05) is 17.7 Å². The zero-order chi connectivity index (χ0) is 14.1. The molecule has 6 heteroatoms. The molecule has 1 aromatic rings. The van der Waals surface area contributed by atoms with E-state index in [0.717, 1.165) is 5.56 Å². The van der Waals surface area contributed by atoms with Crippen LogP contribution in [0.1, 0.15) is 12.0 Å². The molecule has 0 saturated carbocycles. The fourth-order valence-corrected chi connectivity index (χ4v) is 1.36. The van der Waals surface area contributed by atoms with Gasteiger partial charge in [0.15, 0.2) is 0 Å². The maximum Gasteiger partial charge on any atom is 0.313 e. The summed E-state index contributed by atoms with van der Waals surface area (Å²) >= 11 is 0. The van der Waals surface area contributed by atoms with Crippen LogP contribution in [0.3, 0.4) is 0 Å². The highest BCUT2D eigenvalue weighted by Crippen LogP contribution is 2.07. The molecule has 0 saturated heterocycles. The van der Waals surface area contributed by atoms with E-state index in [1.165, 1.54) is 0 Å². The Hall–Kier alpha value is -2.37. The van der Waals surface area contributed by atoms with E-state index >= 15 is 0 Å². The maximum atomic E-state index is 11.5. The second-order valence-electron chi connectivity index (χ2n) is 4.00. The van der Waals surface area contributed by atoms with Gasteiger partial charge in [-0.2, -0.15) is 0 Å². The lowest BCUT2D eigenvalue weighted by atomic mass is 10.2. The number of nitrogens with one attached hydrogen (secondary N) is 3. The van der Waals surface area contributed by atoms with E-state index < -0.39 is 11.8 Å². The molecule has 0 fully saturated rings. The summed E-state index contributed by atoms with van der Waals surface area (Å²) in [5.74, 6) is -1.39. The number of aryl methyl sites for hydroxylation is 1. The van der Waals surface area contributed by atoms with E-state index in [4.69, 9.17) is 0 Å². The highest BCUT2D eigenvalue weighted by molar-refractivity contribution is 6.39. The number of rotatable bonds is 6. The van der Waals surface area contributed by atoms with Gasteiger partial charge in [-0.3, -0.25) is 14.4 Å². The van der Waals surface area contributed by atoms with Gasteiger partial charge >= 0.3 is 11.8 Å². The first-order valence-corrected chi connectivity index (χ1v) is 5.96. The fraction of sp³-hybridized carbons (Fsp3) is 0.308. The van der Waals surface area contributed by atoms with Gasteiger partial charge in [-0.25, -0.2) is 0 Å². The van der Waals surface area contributed by atoms with Crippen LogP contribution in [-0.2, 0) is 14.4 Å². The van der Waals surface area contributed by atoms with Crippen molar-refractivity contribution < 1.29 is 14.4 Å². The molecule has 0 aliphatic heterocycles. The summed E-state index contributed by atoms with van der Waals surface area (Å²) in [5, 5.41) is 7.43. The minimum absolute atomic E-state index is 0.334. The molecule has 102 valence electrons. The van der Waals surface area contributed by atoms with Gasteiger partial charge in [0, 0.05) is 18.8 Å². The quantitative estimate of drug-likeness (QED) is 0.389. The molecule has 19 heavy (non-hydrogen) atoms. The van der Waals surface area contributed by atoms with Crippen molar-refractivity contribution in [2.45, 2.75) is 13.3 Å². The number of anilines is 1. The van der Waals surface area contributed by atoms with Gasteiger partial charge in [-0.15, -0.1) is 0 Å². The summed E-state index contributed by atoms with van der Waals surface area (Å²) in [6.07, 6.45) is 1.16. The molecule has 0 spiro atoms. The summed E-state index contributed by atoms with van der Waals surface area (Å²) in [4.78, 5) is 32.9. The first-order chi connectivity index (χ1) is 9.13. The molecule has 0 aromatic heterocycles. The minimum atomic E-state index is -0.702. The number of carbonyl (C=O) groups is 3. The molecule has 0 bridgehead atoms. The minimum Gasteiger partial charge on any atom is -0.359 e. The Morgan fingerprint density at radius 2 is 1.79 bits per heavy atom. The summed E-state index contributed by atoms with van der Waals surface area (Å²) in [6, 6.07) is 7.15. The Bertz CT molecular complexity index is 443. The molecule has 0 aliphatic rings. The normalized spacial score (nSPS) is 9.53. The Kier molecular flexibility index (Phi) is 6.08. The van der Waals surface area contributed by atoms with Crippen molar-refractivity contribution in [3.63, 3.8) is 0 Å². The van der Waals surface area contributed by atoms with Crippen LogP contribution in [0.15, 0.2) is 24.3 Å². The second kappa shape index (κ2) is 7.86. The van der Waals surface area contributed by atoms with E-state index in [9.17, 15) is 14.4 Å². The van der Waals surface area contributed by atoms with E-state index in [1.54, 1.807) is 12.1 Å². The predicted octanol–water partition coefficient (Wildman–Crippen LogP) is 0.186. The highest BCUT2D eigenvalue weighted by atomic mass is 16.2. The lowest BCUT2D eigenvalue weighted by molar-refractivity contribution is -0.136. The van der Waals surface area contributed by atoms with Crippen molar-refractivity contribution in [1.82, 2.24) is 10.6 Å². The van der Waals surface area contributed by atoms with E-state index in [0.29, 0.717) is 31.6 Å². The number of amides is 3. The maximum absolute atomic E-state index is 11.5. The van der Waals surface area contributed by atoms with Gasteiger partial charge in [0.25, 0.3) is 0 Å². The largest absolute Gasteiger partial charge is 0.359 e. The summed E-state index contributed by atoms with van der Waals surface area (Å²) < 4.78 is 0. The molecule has 3 N–H and O–H groups in total. The number of hydrogen-bond acceptors (Lipinski definition) is 3. The lowest BCUT2D eigenvalue weighted by Gasteiger charge is -2.06. The molecule has 0 heterocycles. The summed E-state index contributed by atoms with van der Waals surface area (Å²) in [5.41, 5.74) is 1.65. The van der Waals surface area contributed by atoms with E-state index in [-0.39, 0.29) is 0 Å². The lowest BCUT2D eigenvalue weighted by Crippen LogP contribution is -2.36. The predicted molar refractivity (Wildman–Crippen MR) is 71.5 cm³/mol. The van der Waals surface area contributed by atoms with Crippen molar-refractivity contribution in [2.75, 3.05) is 18.4 Å². The third-order valence-electron chi connectivity index (χ3n) is 2.38. The Morgan fingerprint density at radius 1 is 1.11 bits per heavy atom. The topological polar surface area (TPSA) is 87.3 Å². The summed E-state index contributed by atoms with van der Waals surface area (Å²) in [6.45, 7) is 2.73. The third-order valence-corrected chi connectivity index (χ3v) is 2.38. The van der Waals surface area contributed by atoms with Crippen molar-refractivity contribution in [3.05, 3.63) is 29.8 Å². The van der Waals surface area contributed by atoms with Crippen LogP contribution in [0.5, 0.6) is 0 Å². The van der Waals surface area contributed by atoms with Crippen LogP contribution in [0, 0.1) is 6.92 Å². The molecular formula is C13H17N3O3. The fourth-order valence-electron chi connectivity index (χ4n) is 1.36. The van der Waals surface area contributed by atoms with Crippen molar-refractivity contribution in [3.8, 4) is 0 Å². The van der Waals surface area contributed by atoms with Gasteiger partial charge in [-0.05, 0) is 25.5 Å². The Morgan fingerprint density at radius 3 is 2.42 bits per heavy atom. The van der Waals surface area contributed by atoms with Crippen LogP contribution in [0.4, 0.5) is 5.69 Å². The first-order valence-electron chi connectivity index (χ1n) is 5.96. The molecule has 1 rings (SSSR count). The molecule has 0 radical (unpaired) electrons. The molecule has 0 atom stereocenters. The summed E-state index contributed by atoms with van der Waals surface area (Å²) in [7, 11) is 0. The zero-order valence-electron chi connectivity index (χ0n) is 10.7. The first kappa shape index (κ1) is 14.7. The molecule has 0 unspecified atom stereocenters. The number of benzene rings is 1. The Balaban J connectivity index is 2.30. The second-order valence-corrected chi connectivity index (χ2v) is 4.00. The van der Waals surface area contributed by atoms with Crippen LogP contribution in [0.25, 0.3) is 0 Å². The van der Waals surface area contributed by atoms with Crippen LogP contribution >= 0.6 is 0 Å². The van der Waals surface area contributed by atoms with Crippen LogP contribution < -0.4 is 16.0 Å². The van der Waals surface area contributed by atoms with Crippen molar-refractivity contribution in [1.29, 1.82) is 0 Å². The van der Waals surface area contributed by atoms with Crippen molar-refractivity contribution >= 4 is 23.9 Å². The van der Waals surface area contributed by atoms with Crippen LogP contribution in [-0.4, -0.2) is 31.3 Å². The average Bonchev–Trinajstić information content (AvgIpc) is 2.41. The van der Waals surface area contributed by atoms with Gasteiger partial charge in [0.1, 0.15) is 0 Å². The number of hydrogen-bond donors (Lipinski definition) is 3. The van der Waals surface area contributed by atoms with Crippen molar-refractivity contribution in [2.24, 2.45) is 0 Å². The Labute approximate surface area is 111 Å². The SMILES string of the molecule is Cc1ccc(NC(=O)C(=O)NCCCNC=O)cc1. The van der Waals surface area contributed by atoms with E-state index in [1.807, 2.05) is 19.1 Å². The van der Waals surface area contributed by atoms with Gasteiger partial charge in [0.2, 0.25) is 6.41 Å². The molecule has 0 aliphatic carbocycles. The highest BCUT2D eigenvalue weighted by Gasteiger charge is 2.12. The molecular weight excluding hydrogens is 246 g/mol. The van der Waals surface area contributed by atoms with E-state index in [2.05, 4.69) is 16.0 Å². The number of carbonyl (C=O) groups excluding carboxylic acids is 3. The van der Waals surface area contributed by atoms with Gasteiger partial charge < -0.3 is 16.0 Å². The zero-order valence-corrected chi connectivity index (χ0v) is 10.7.